The summed E-state index contributed by atoms with van der Waals surface area (Å²) < 4.78 is 5.32. The molecule has 0 fully saturated rings. The van der Waals surface area contributed by atoms with Crippen LogP contribution in [0, 0.1) is 11.3 Å². The van der Waals surface area contributed by atoms with Crippen LogP contribution in [0.5, 0.6) is 0 Å². The molecule has 0 aliphatic rings. The molecule has 0 aromatic heterocycles. The van der Waals surface area contributed by atoms with Crippen LogP contribution < -0.4 is 0 Å². The van der Waals surface area contributed by atoms with E-state index in [1.54, 1.807) is 0 Å². The molecule has 1 rings (SSSR count). The molecule has 0 spiro atoms. The van der Waals surface area contributed by atoms with E-state index in [0.29, 0.717) is 24.9 Å². The van der Waals surface area contributed by atoms with Crippen molar-refractivity contribution in [3.05, 3.63) is 35.9 Å². The lowest BCUT2D eigenvalue weighted by Crippen LogP contribution is -2.31. The molecule has 2 heteroatoms. The predicted octanol–water partition coefficient (Wildman–Crippen LogP) is 4.41. The summed E-state index contributed by atoms with van der Waals surface area (Å²) in [4.78, 5) is 11.3. The van der Waals surface area contributed by atoms with Gasteiger partial charge in [0.2, 0.25) is 0 Å². The molecule has 106 valence electrons. The molecule has 1 aromatic carbocycles. The van der Waals surface area contributed by atoms with Crippen LogP contribution in [0.2, 0.25) is 0 Å². The summed E-state index contributed by atoms with van der Waals surface area (Å²) in [7, 11) is 0. The van der Waals surface area contributed by atoms with E-state index in [1.807, 2.05) is 13.0 Å². The zero-order chi connectivity index (χ0) is 14.5. The van der Waals surface area contributed by atoms with Crippen molar-refractivity contribution in [3.63, 3.8) is 0 Å². The summed E-state index contributed by atoms with van der Waals surface area (Å²) in [5, 5.41) is 0. The van der Waals surface area contributed by atoms with Crippen molar-refractivity contribution < 1.29 is 9.53 Å². The van der Waals surface area contributed by atoms with Crippen molar-refractivity contribution >= 4 is 5.97 Å². The first-order valence-electron chi connectivity index (χ1n) is 7.09. The highest BCUT2D eigenvalue weighted by Gasteiger charge is 2.31. The lowest BCUT2D eigenvalue weighted by molar-refractivity contribution is -0.147. The SMILES string of the molecule is CCC(=O)OCC(C)(C)[C@@H](C)C(C)c1ccccc1. The van der Waals surface area contributed by atoms with E-state index >= 15 is 0 Å². The Balaban J connectivity index is 2.69. The number of ether oxygens (including phenoxy) is 1. The molecule has 2 nitrogen and oxygen atoms in total. The second kappa shape index (κ2) is 6.74. The van der Waals surface area contributed by atoms with Crippen molar-refractivity contribution in [2.75, 3.05) is 6.61 Å². The van der Waals surface area contributed by atoms with Gasteiger partial charge < -0.3 is 4.74 Å². The summed E-state index contributed by atoms with van der Waals surface area (Å²) in [6.45, 7) is 11.1. The molecule has 0 saturated carbocycles. The molecular weight excluding hydrogens is 236 g/mol. The highest BCUT2D eigenvalue weighted by Crippen LogP contribution is 2.37. The molecule has 0 heterocycles. The average Bonchev–Trinajstić information content (AvgIpc) is 2.44. The lowest BCUT2D eigenvalue weighted by Gasteiger charge is -2.35. The Morgan fingerprint density at radius 3 is 2.32 bits per heavy atom. The number of rotatable bonds is 6. The van der Waals surface area contributed by atoms with E-state index in [0.717, 1.165) is 0 Å². The third-order valence-electron chi connectivity index (χ3n) is 4.20. The Morgan fingerprint density at radius 2 is 1.79 bits per heavy atom. The van der Waals surface area contributed by atoms with Crippen LogP contribution in [0.1, 0.15) is 52.5 Å². The minimum atomic E-state index is -0.118. The fourth-order valence-electron chi connectivity index (χ4n) is 2.22. The van der Waals surface area contributed by atoms with Crippen molar-refractivity contribution in [2.24, 2.45) is 11.3 Å². The third kappa shape index (κ3) is 4.38. The number of carbonyl (C=O) groups excluding carboxylic acids is 1. The molecule has 2 atom stereocenters. The second-order valence-electron chi connectivity index (χ2n) is 5.99. The Morgan fingerprint density at radius 1 is 1.21 bits per heavy atom. The molecule has 1 aromatic rings. The van der Waals surface area contributed by atoms with E-state index in [1.165, 1.54) is 5.56 Å². The molecule has 0 radical (unpaired) electrons. The van der Waals surface area contributed by atoms with Crippen LogP contribution in [-0.2, 0) is 9.53 Å². The highest BCUT2D eigenvalue weighted by molar-refractivity contribution is 5.68. The predicted molar refractivity (Wildman–Crippen MR) is 79.1 cm³/mol. The number of hydrogen-bond acceptors (Lipinski definition) is 2. The molecular formula is C17H26O2. The maximum Gasteiger partial charge on any atom is 0.305 e. The van der Waals surface area contributed by atoms with Gasteiger partial charge in [-0.2, -0.15) is 0 Å². The number of hydrogen-bond donors (Lipinski definition) is 0. The lowest BCUT2D eigenvalue weighted by atomic mass is 9.72. The van der Waals surface area contributed by atoms with Crippen LogP contribution in [-0.4, -0.2) is 12.6 Å². The number of carbonyl (C=O) groups is 1. The maximum atomic E-state index is 11.3. The smallest absolute Gasteiger partial charge is 0.305 e. The molecule has 0 aliphatic carbocycles. The normalized spacial score (nSPS) is 14.8. The molecule has 0 amide bonds. The van der Waals surface area contributed by atoms with E-state index in [-0.39, 0.29) is 11.4 Å². The number of esters is 1. The molecule has 0 N–H and O–H groups in total. The van der Waals surface area contributed by atoms with Gasteiger partial charge in [-0.15, -0.1) is 0 Å². The van der Waals surface area contributed by atoms with Crippen molar-refractivity contribution in [2.45, 2.75) is 47.0 Å². The first kappa shape index (κ1) is 15.7. The summed E-state index contributed by atoms with van der Waals surface area (Å²) in [5.41, 5.74) is 1.31. The Bertz CT molecular complexity index is 395. The summed E-state index contributed by atoms with van der Waals surface area (Å²) in [5.74, 6) is 0.753. The van der Waals surface area contributed by atoms with Crippen molar-refractivity contribution in [1.82, 2.24) is 0 Å². The molecule has 0 bridgehead atoms. The largest absolute Gasteiger partial charge is 0.465 e. The molecule has 19 heavy (non-hydrogen) atoms. The van der Waals surface area contributed by atoms with Gasteiger partial charge in [0.1, 0.15) is 0 Å². The Kier molecular flexibility index (Phi) is 5.59. The van der Waals surface area contributed by atoms with Crippen LogP contribution >= 0.6 is 0 Å². The fourth-order valence-corrected chi connectivity index (χ4v) is 2.22. The van der Waals surface area contributed by atoms with Crippen molar-refractivity contribution in [1.29, 1.82) is 0 Å². The van der Waals surface area contributed by atoms with Crippen LogP contribution in [0.15, 0.2) is 30.3 Å². The summed E-state index contributed by atoms with van der Waals surface area (Å²) in [6.07, 6.45) is 0.443. The van der Waals surface area contributed by atoms with Gasteiger partial charge in [-0.3, -0.25) is 4.79 Å². The van der Waals surface area contributed by atoms with Gasteiger partial charge in [-0.25, -0.2) is 0 Å². The fraction of sp³-hybridized carbons (Fsp3) is 0.588. The monoisotopic (exact) mass is 262 g/mol. The second-order valence-corrected chi connectivity index (χ2v) is 5.99. The third-order valence-corrected chi connectivity index (χ3v) is 4.20. The van der Waals surface area contributed by atoms with Gasteiger partial charge in [-0.1, -0.05) is 65.0 Å². The standard InChI is InChI=1S/C17H26O2/c1-6-16(18)19-12-17(4,5)14(3)13(2)15-10-8-7-9-11-15/h7-11,13-14H,6,12H2,1-5H3/t13?,14-/m0/s1. The van der Waals surface area contributed by atoms with E-state index < -0.39 is 0 Å². The summed E-state index contributed by atoms with van der Waals surface area (Å²) >= 11 is 0. The first-order chi connectivity index (χ1) is 8.88. The Labute approximate surface area is 117 Å². The van der Waals surface area contributed by atoms with Crippen molar-refractivity contribution in [3.8, 4) is 0 Å². The topological polar surface area (TPSA) is 26.3 Å². The zero-order valence-corrected chi connectivity index (χ0v) is 12.8. The zero-order valence-electron chi connectivity index (χ0n) is 12.8. The first-order valence-corrected chi connectivity index (χ1v) is 7.09. The van der Waals surface area contributed by atoms with Crippen LogP contribution in [0.3, 0.4) is 0 Å². The quantitative estimate of drug-likeness (QED) is 0.710. The molecule has 0 aliphatic heterocycles. The van der Waals surface area contributed by atoms with Gasteiger partial charge in [0, 0.05) is 11.8 Å². The van der Waals surface area contributed by atoms with Crippen LogP contribution in [0.4, 0.5) is 0 Å². The number of benzene rings is 1. The molecule has 1 unspecified atom stereocenters. The van der Waals surface area contributed by atoms with E-state index in [2.05, 4.69) is 52.0 Å². The maximum absolute atomic E-state index is 11.3. The minimum absolute atomic E-state index is 0.0277. The van der Waals surface area contributed by atoms with Gasteiger partial charge in [0.05, 0.1) is 6.61 Å². The van der Waals surface area contributed by atoms with Gasteiger partial charge >= 0.3 is 5.97 Å². The molecule has 0 saturated heterocycles. The minimum Gasteiger partial charge on any atom is -0.465 e. The Hall–Kier alpha value is -1.31. The summed E-state index contributed by atoms with van der Waals surface area (Å²) in [6, 6.07) is 10.5. The van der Waals surface area contributed by atoms with Crippen LogP contribution in [0.25, 0.3) is 0 Å². The van der Waals surface area contributed by atoms with E-state index in [4.69, 9.17) is 4.74 Å². The van der Waals surface area contributed by atoms with Gasteiger partial charge in [0.25, 0.3) is 0 Å². The van der Waals surface area contributed by atoms with Gasteiger partial charge in [0.15, 0.2) is 0 Å². The average molecular weight is 262 g/mol. The van der Waals surface area contributed by atoms with Gasteiger partial charge in [-0.05, 0) is 17.4 Å². The highest BCUT2D eigenvalue weighted by atomic mass is 16.5. The van der Waals surface area contributed by atoms with E-state index in [9.17, 15) is 4.79 Å².